The van der Waals surface area contributed by atoms with Crippen molar-refractivity contribution >= 4 is 29.3 Å². The van der Waals surface area contributed by atoms with E-state index >= 15 is 0 Å². The van der Waals surface area contributed by atoms with Gasteiger partial charge in [0.25, 0.3) is 0 Å². The Morgan fingerprint density at radius 3 is 2.46 bits per heavy atom. The number of thioether (sulfide) groups is 1. The van der Waals surface area contributed by atoms with Gasteiger partial charge in [0, 0.05) is 17.5 Å². The predicted octanol–water partition coefficient (Wildman–Crippen LogP) is 3.79. The number of nitrogens with one attached hydrogen (secondary N) is 2. The maximum atomic E-state index is 12.2. The Bertz CT molecular complexity index is 714. The van der Waals surface area contributed by atoms with E-state index in [0.29, 0.717) is 6.42 Å². The molecule has 24 heavy (non-hydrogen) atoms. The van der Waals surface area contributed by atoms with Crippen molar-refractivity contribution in [2.45, 2.75) is 31.2 Å². The van der Waals surface area contributed by atoms with Crippen molar-refractivity contribution in [1.29, 1.82) is 0 Å². The van der Waals surface area contributed by atoms with Crippen molar-refractivity contribution in [3.8, 4) is 0 Å². The smallest absolute Gasteiger partial charge is 0.224 e. The van der Waals surface area contributed by atoms with Gasteiger partial charge in [0.1, 0.15) is 0 Å². The lowest BCUT2D eigenvalue weighted by atomic mass is 10.1. The third kappa shape index (κ3) is 5.42. The van der Waals surface area contributed by atoms with Crippen molar-refractivity contribution in [2.75, 3.05) is 11.6 Å². The van der Waals surface area contributed by atoms with Crippen LogP contribution >= 0.6 is 11.8 Å². The van der Waals surface area contributed by atoms with E-state index in [1.54, 1.807) is 11.8 Å². The standard InChI is InChI=1S/C19H22N2O2S/c1-13(16-5-4-6-17(12-16)21-14(2)22)20-19(23)11-15-7-9-18(24-3)10-8-15/h4-10,12-13H,11H2,1-3H3,(H,20,23)(H,21,22). The number of carbonyl (C=O) groups is 2. The molecular formula is C19H22N2O2S. The summed E-state index contributed by atoms with van der Waals surface area (Å²) in [5, 5.41) is 5.75. The molecule has 0 aromatic heterocycles. The predicted molar refractivity (Wildman–Crippen MR) is 99.2 cm³/mol. The van der Waals surface area contributed by atoms with E-state index < -0.39 is 0 Å². The highest BCUT2D eigenvalue weighted by atomic mass is 32.2. The average molecular weight is 342 g/mol. The number of hydrogen-bond donors (Lipinski definition) is 2. The second-order valence-corrected chi connectivity index (χ2v) is 6.50. The lowest BCUT2D eigenvalue weighted by Gasteiger charge is -2.15. The van der Waals surface area contributed by atoms with Crippen molar-refractivity contribution in [3.63, 3.8) is 0 Å². The lowest BCUT2D eigenvalue weighted by Crippen LogP contribution is -2.28. The van der Waals surface area contributed by atoms with E-state index in [-0.39, 0.29) is 17.9 Å². The molecule has 0 aliphatic carbocycles. The van der Waals surface area contributed by atoms with Gasteiger partial charge in [-0.3, -0.25) is 9.59 Å². The number of hydrogen-bond acceptors (Lipinski definition) is 3. The third-order valence-electron chi connectivity index (χ3n) is 3.61. The van der Waals surface area contributed by atoms with Gasteiger partial charge in [-0.25, -0.2) is 0 Å². The molecule has 1 atom stereocenters. The molecule has 2 aromatic carbocycles. The monoisotopic (exact) mass is 342 g/mol. The minimum Gasteiger partial charge on any atom is -0.349 e. The molecule has 4 nitrogen and oxygen atoms in total. The molecule has 1 unspecified atom stereocenters. The lowest BCUT2D eigenvalue weighted by molar-refractivity contribution is -0.121. The minimum absolute atomic E-state index is 0.0238. The highest BCUT2D eigenvalue weighted by Gasteiger charge is 2.11. The van der Waals surface area contributed by atoms with E-state index in [1.165, 1.54) is 11.8 Å². The van der Waals surface area contributed by atoms with Gasteiger partial charge >= 0.3 is 0 Å². The van der Waals surface area contributed by atoms with Gasteiger partial charge in [-0.05, 0) is 48.6 Å². The van der Waals surface area contributed by atoms with Gasteiger partial charge in [-0.1, -0.05) is 24.3 Å². The molecule has 0 spiro atoms. The first-order valence-electron chi connectivity index (χ1n) is 7.78. The average Bonchev–Trinajstić information content (AvgIpc) is 2.55. The molecule has 0 aliphatic heterocycles. The largest absolute Gasteiger partial charge is 0.349 e. The maximum Gasteiger partial charge on any atom is 0.224 e. The Morgan fingerprint density at radius 1 is 1.12 bits per heavy atom. The Kier molecular flexibility index (Phi) is 6.44. The normalized spacial score (nSPS) is 11.6. The van der Waals surface area contributed by atoms with Crippen LogP contribution in [0.25, 0.3) is 0 Å². The summed E-state index contributed by atoms with van der Waals surface area (Å²) >= 11 is 1.68. The molecule has 0 fully saturated rings. The van der Waals surface area contributed by atoms with Crippen LogP contribution in [0.15, 0.2) is 53.4 Å². The first-order valence-corrected chi connectivity index (χ1v) is 9.00. The van der Waals surface area contributed by atoms with Crippen LogP contribution in [-0.2, 0) is 16.0 Å². The van der Waals surface area contributed by atoms with Crippen LogP contribution in [0.1, 0.15) is 31.0 Å². The molecule has 2 rings (SSSR count). The highest BCUT2D eigenvalue weighted by Crippen LogP contribution is 2.18. The molecular weight excluding hydrogens is 320 g/mol. The molecule has 2 amide bonds. The number of rotatable bonds is 6. The summed E-state index contributed by atoms with van der Waals surface area (Å²) in [6.45, 7) is 3.40. The molecule has 0 heterocycles. The second-order valence-electron chi connectivity index (χ2n) is 5.62. The Balaban J connectivity index is 1.96. The van der Waals surface area contributed by atoms with Crippen LogP contribution in [0.3, 0.4) is 0 Å². The van der Waals surface area contributed by atoms with Gasteiger partial charge in [0.2, 0.25) is 11.8 Å². The van der Waals surface area contributed by atoms with E-state index in [9.17, 15) is 9.59 Å². The molecule has 0 bridgehead atoms. The maximum absolute atomic E-state index is 12.2. The first-order chi connectivity index (χ1) is 11.5. The van der Waals surface area contributed by atoms with Crippen LogP contribution in [0.2, 0.25) is 0 Å². The zero-order chi connectivity index (χ0) is 17.5. The summed E-state index contributed by atoms with van der Waals surface area (Å²) < 4.78 is 0. The molecule has 5 heteroatoms. The highest BCUT2D eigenvalue weighted by molar-refractivity contribution is 7.98. The van der Waals surface area contributed by atoms with Crippen LogP contribution in [0.5, 0.6) is 0 Å². The van der Waals surface area contributed by atoms with Crippen molar-refractivity contribution in [1.82, 2.24) is 5.32 Å². The molecule has 2 aromatic rings. The number of anilines is 1. The molecule has 0 radical (unpaired) electrons. The van der Waals surface area contributed by atoms with Crippen LogP contribution in [0, 0.1) is 0 Å². The topological polar surface area (TPSA) is 58.2 Å². The zero-order valence-corrected chi connectivity index (χ0v) is 14.9. The molecule has 2 N–H and O–H groups in total. The van der Waals surface area contributed by atoms with E-state index in [4.69, 9.17) is 0 Å². The summed E-state index contributed by atoms with van der Waals surface area (Å²) in [6, 6.07) is 15.4. The summed E-state index contributed by atoms with van der Waals surface area (Å²) in [5.74, 6) is -0.137. The zero-order valence-electron chi connectivity index (χ0n) is 14.1. The fourth-order valence-corrected chi connectivity index (χ4v) is 2.80. The van der Waals surface area contributed by atoms with Gasteiger partial charge in [0.15, 0.2) is 0 Å². The number of amides is 2. The fraction of sp³-hybridized carbons (Fsp3) is 0.263. The SMILES string of the molecule is CSc1ccc(CC(=O)NC(C)c2cccc(NC(C)=O)c2)cc1. The minimum atomic E-state index is -0.128. The quantitative estimate of drug-likeness (QED) is 0.785. The summed E-state index contributed by atoms with van der Waals surface area (Å²) in [6.07, 6.45) is 2.38. The second kappa shape index (κ2) is 8.55. The van der Waals surface area contributed by atoms with Crippen LogP contribution in [-0.4, -0.2) is 18.1 Å². The van der Waals surface area contributed by atoms with Crippen molar-refractivity contribution in [2.24, 2.45) is 0 Å². The van der Waals surface area contributed by atoms with E-state index in [1.807, 2.05) is 61.7 Å². The van der Waals surface area contributed by atoms with E-state index in [2.05, 4.69) is 10.6 Å². The van der Waals surface area contributed by atoms with E-state index in [0.717, 1.165) is 16.8 Å². The van der Waals surface area contributed by atoms with Gasteiger partial charge < -0.3 is 10.6 Å². The Labute approximate surface area is 147 Å². The number of benzene rings is 2. The Morgan fingerprint density at radius 2 is 1.83 bits per heavy atom. The van der Waals surface area contributed by atoms with Gasteiger partial charge in [-0.15, -0.1) is 11.8 Å². The van der Waals surface area contributed by atoms with Crippen LogP contribution < -0.4 is 10.6 Å². The van der Waals surface area contributed by atoms with Gasteiger partial charge in [0.05, 0.1) is 12.5 Å². The fourth-order valence-electron chi connectivity index (χ4n) is 2.39. The van der Waals surface area contributed by atoms with Crippen LogP contribution in [0.4, 0.5) is 5.69 Å². The van der Waals surface area contributed by atoms with Crippen molar-refractivity contribution < 1.29 is 9.59 Å². The molecule has 0 saturated carbocycles. The van der Waals surface area contributed by atoms with Gasteiger partial charge in [-0.2, -0.15) is 0 Å². The molecule has 0 aliphatic rings. The first kappa shape index (κ1) is 18.1. The van der Waals surface area contributed by atoms with Crippen molar-refractivity contribution in [3.05, 3.63) is 59.7 Å². The number of carbonyl (C=O) groups excluding carboxylic acids is 2. The molecule has 0 saturated heterocycles. The summed E-state index contributed by atoms with van der Waals surface area (Å²) in [5.41, 5.74) is 2.67. The third-order valence-corrected chi connectivity index (χ3v) is 4.35. The molecule has 126 valence electrons. The summed E-state index contributed by atoms with van der Waals surface area (Å²) in [7, 11) is 0. The summed E-state index contributed by atoms with van der Waals surface area (Å²) in [4.78, 5) is 24.5. The Hall–Kier alpha value is -2.27.